The number of carbonyl (C=O) groups is 1. The molecule has 0 atom stereocenters. The summed E-state index contributed by atoms with van der Waals surface area (Å²) in [6.07, 6.45) is 0. The molecule has 2 aromatic rings. The second-order valence-electron chi connectivity index (χ2n) is 4.37. The monoisotopic (exact) mass is 299 g/mol. The van der Waals surface area contributed by atoms with Crippen molar-refractivity contribution in [2.45, 2.75) is 6.92 Å². The first-order valence-corrected chi connectivity index (χ1v) is 6.76. The Morgan fingerprint density at radius 2 is 2.00 bits per heavy atom. The van der Waals surface area contributed by atoms with E-state index in [1.165, 1.54) is 0 Å². The smallest absolute Gasteiger partial charge is 0.256 e. The first-order chi connectivity index (χ1) is 10.1. The molecule has 0 aliphatic carbocycles. The maximum absolute atomic E-state index is 12.3. The Bertz CT molecular complexity index is 729. The molecule has 0 spiro atoms. The van der Waals surface area contributed by atoms with Gasteiger partial charge >= 0.3 is 0 Å². The fraction of sp³-hybridized carbons (Fsp3) is 0.118. The van der Waals surface area contributed by atoms with E-state index < -0.39 is 0 Å². The molecule has 1 amide bonds. The van der Waals surface area contributed by atoms with Crippen molar-refractivity contribution in [1.29, 1.82) is 0 Å². The highest BCUT2D eigenvalue weighted by atomic mass is 35.5. The topological polar surface area (TPSA) is 49.3 Å². The lowest BCUT2D eigenvalue weighted by Crippen LogP contribution is -2.14. The van der Waals surface area contributed by atoms with Crippen molar-refractivity contribution >= 4 is 23.2 Å². The van der Waals surface area contributed by atoms with Gasteiger partial charge in [-0.05, 0) is 36.8 Å². The molecule has 0 aromatic heterocycles. The number of nitrogens with one attached hydrogen (secondary N) is 1. The van der Waals surface area contributed by atoms with Gasteiger partial charge in [0.15, 0.2) is 0 Å². The third kappa shape index (κ3) is 3.63. The number of halogens is 1. The van der Waals surface area contributed by atoms with E-state index in [9.17, 15) is 4.79 Å². The molecule has 3 nitrogen and oxygen atoms in total. The lowest BCUT2D eigenvalue weighted by atomic mass is 10.1. The molecule has 106 valence electrons. The van der Waals surface area contributed by atoms with Crippen LogP contribution in [0.1, 0.15) is 21.5 Å². The van der Waals surface area contributed by atoms with E-state index in [2.05, 4.69) is 17.2 Å². The average molecular weight is 300 g/mol. The van der Waals surface area contributed by atoms with Gasteiger partial charge in [-0.1, -0.05) is 41.6 Å². The summed E-state index contributed by atoms with van der Waals surface area (Å²) in [5.74, 6) is 5.13. The third-order valence-electron chi connectivity index (χ3n) is 2.99. The third-order valence-corrected chi connectivity index (χ3v) is 3.40. The van der Waals surface area contributed by atoms with Gasteiger partial charge in [0.2, 0.25) is 0 Å². The van der Waals surface area contributed by atoms with Crippen molar-refractivity contribution in [3.05, 3.63) is 64.2 Å². The number of rotatable bonds is 2. The molecule has 4 heteroatoms. The fourth-order valence-electron chi connectivity index (χ4n) is 1.88. The Kier molecular flexibility index (Phi) is 4.99. The van der Waals surface area contributed by atoms with Crippen LogP contribution < -0.4 is 5.32 Å². The molecule has 0 bridgehead atoms. The van der Waals surface area contributed by atoms with Crippen molar-refractivity contribution < 1.29 is 9.90 Å². The summed E-state index contributed by atoms with van der Waals surface area (Å²) in [4.78, 5) is 12.3. The zero-order valence-electron chi connectivity index (χ0n) is 11.5. The summed E-state index contributed by atoms with van der Waals surface area (Å²) in [6.45, 7) is 1.57. The summed E-state index contributed by atoms with van der Waals surface area (Å²) in [5, 5.41) is 12.1. The van der Waals surface area contributed by atoms with Gasteiger partial charge in [0.1, 0.15) is 6.61 Å². The number of hydrogen-bond donors (Lipinski definition) is 2. The minimum Gasteiger partial charge on any atom is -0.384 e. The molecular weight excluding hydrogens is 286 g/mol. The lowest BCUT2D eigenvalue weighted by molar-refractivity contribution is 0.102. The normalized spacial score (nSPS) is 9.67. The van der Waals surface area contributed by atoms with Crippen molar-refractivity contribution in [3.8, 4) is 11.8 Å². The summed E-state index contributed by atoms with van der Waals surface area (Å²) in [7, 11) is 0. The maximum Gasteiger partial charge on any atom is 0.256 e. The fourth-order valence-corrected chi connectivity index (χ4v) is 2.05. The summed E-state index contributed by atoms with van der Waals surface area (Å²) < 4.78 is 0. The Morgan fingerprint density at radius 3 is 2.76 bits per heavy atom. The van der Waals surface area contributed by atoms with Gasteiger partial charge in [-0.25, -0.2) is 0 Å². The van der Waals surface area contributed by atoms with E-state index >= 15 is 0 Å². The number of benzene rings is 2. The molecule has 2 aromatic carbocycles. The molecule has 2 N–H and O–H groups in total. The Balaban J connectivity index is 2.30. The minimum atomic E-state index is -0.242. The van der Waals surface area contributed by atoms with Gasteiger partial charge in [0, 0.05) is 16.1 Å². The van der Waals surface area contributed by atoms with Crippen LogP contribution in [0.4, 0.5) is 5.69 Å². The molecule has 0 heterocycles. The molecule has 2 rings (SSSR count). The standard InChI is InChI=1S/C17H14ClNO2/c1-12-14(8-4-9-15(12)18)17(21)19-16-10-3-2-6-13(16)7-5-11-20/h2-4,6,8-10,20H,11H2,1H3,(H,19,21). The first kappa shape index (κ1) is 15.1. The number of para-hydroxylation sites is 1. The maximum atomic E-state index is 12.3. The zero-order valence-corrected chi connectivity index (χ0v) is 12.2. The van der Waals surface area contributed by atoms with Crippen LogP contribution in [-0.2, 0) is 0 Å². The molecule has 0 fully saturated rings. The van der Waals surface area contributed by atoms with Crippen LogP contribution in [-0.4, -0.2) is 17.6 Å². The zero-order chi connectivity index (χ0) is 15.2. The van der Waals surface area contributed by atoms with E-state index in [1.54, 1.807) is 37.3 Å². The quantitative estimate of drug-likeness (QED) is 0.836. The van der Waals surface area contributed by atoms with Crippen LogP contribution in [0.2, 0.25) is 5.02 Å². The Hall–Kier alpha value is -2.28. The minimum absolute atomic E-state index is 0.227. The Labute approximate surface area is 128 Å². The van der Waals surface area contributed by atoms with Crippen LogP contribution in [0.15, 0.2) is 42.5 Å². The van der Waals surface area contributed by atoms with Crippen molar-refractivity contribution in [3.63, 3.8) is 0 Å². The van der Waals surface area contributed by atoms with Crippen molar-refractivity contribution in [1.82, 2.24) is 0 Å². The highest BCUT2D eigenvalue weighted by Crippen LogP contribution is 2.21. The van der Waals surface area contributed by atoms with E-state index in [4.69, 9.17) is 16.7 Å². The highest BCUT2D eigenvalue weighted by Gasteiger charge is 2.12. The number of anilines is 1. The van der Waals surface area contributed by atoms with Crippen LogP contribution in [0.3, 0.4) is 0 Å². The predicted molar refractivity (Wildman–Crippen MR) is 84.5 cm³/mol. The number of aliphatic hydroxyl groups excluding tert-OH is 1. The van der Waals surface area contributed by atoms with Gasteiger partial charge in [0.25, 0.3) is 5.91 Å². The molecular formula is C17H14ClNO2. The number of hydrogen-bond acceptors (Lipinski definition) is 2. The van der Waals surface area contributed by atoms with E-state index in [1.807, 2.05) is 12.1 Å². The number of amides is 1. The van der Waals surface area contributed by atoms with E-state index in [0.29, 0.717) is 21.8 Å². The molecule has 0 aliphatic rings. The van der Waals surface area contributed by atoms with Gasteiger partial charge < -0.3 is 10.4 Å². The molecule has 21 heavy (non-hydrogen) atoms. The largest absolute Gasteiger partial charge is 0.384 e. The molecule has 0 radical (unpaired) electrons. The average Bonchev–Trinajstić information content (AvgIpc) is 2.49. The molecule has 0 aliphatic heterocycles. The first-order valence-electron chi connectivity index (χ1n) is 6.38. The van der Waals surface area contributed by atoms with Gasteiger partial charge in [-0.15, -0.1) is 0 Å². The summed E-state index contributed by atoms with van der Waals surface area (Å²) in [5.41, 5.74) is 2.51. The number of carbonyl (C=O) groups excluding carboxylic acids is 1. The van der Waals surface area contributed by atoms with Crippen LogP contribution in [0.5, 0.6) is 0 Å². The van der Waals surface area contributed by atoms with Crippen molar-refractivity contribution in [2.75, 3.05) is 11.9 Å². The van der Waals surface area contributed by atoms with Gasteiger partial charge in [-0.3, -0.25) is 4.79 Å². The summed E-state index contributed by atoms with van der Waals surface area (Å²) in [6, 6.07) is 12.4. The van der Waals surface area contributed by atoms with Crippen LogP contribution in [0.25, 0.3) is 0 Å². The lowest BCUT2D eigenvalue weighted by Gasteiger charge is -2.10. The predicted octanol–water partition coefficient (Wildman–Crippen LogP) is 3.24. The SMILES string of the molecule is Cc1c(Cl)cccc1C(=O)Nc1ccccc1C#CCO. The number of aliphatic hydroxyl groups is 1. The molecule has 0 unspecified atom stereocenters. The highest BCUT2D eigenvalue weighted by molar-refractivity contribution is 6.32. The van der Waals surface area contributed by atoms with E-state index in [-0.39, 0.29) is 12.5 Å². The van der Waals surface area contributed by atoms with Crippen molar-refractivity contribution in [2.24, 2.45) is 0 Å². The molecule has 0 saturated carbocycles. The van der Waals surface area contributed by atoms with Crippen LogP contribution in [0, 0.1) is 18.8 Å². The summed E-state index contributed by atoms with van der Waals surface area (Å²) >= 11 is 6.03. The molecule has 0 saturated heterocycles. The second-order valence-corrected chi connectivity index (χ2v) is 4.78. The second kappa shape index (κ2) is 6.94. The Morgan fingerprint density at radius 1 is 1.24 bits per heavy atom. The van der Waals surface area contributed by atoms with Gasteiger partial charge in [0.05, 0.1) is 5.69 Å². The van der Waals surface area contributed by atoms with Gasteiger partial charge in [-0.2, -0.15) is 0 Å². The van der Waals surface area contributed by atoms with Crippen LogP contribution >= 0.6 is 11.6 Å². The van der Waals surface area contributed by atoms with E-state index in [0.717, 1.165) is 5.56 Å².